The van der Waals surface area contributed by atoms with E-state index in [9.17, 15) is 4.39 Å². The van der Waals surface area contributed by atoms with E-state index in [1.54, 1.807) is 12.1 Å². The van der Waals surface area contributed by atoms with E-state index < -0.39 is 0 Å². The van der Waals surface area contributed by atoms with Crippen LogP contribution in [0.15, 0.2) is 24.3 Å². The molecule has 1 heterocycles. The van der Waals surface area contributed by atoms with E-state index in [-0.39, 0.29) is 11.9 Å². The van der Waals surface area contributed by atoms with Crippen molar-refractivity contribution < 1.29 is 4.39 Å². The van der Waals surface area contributed by atoms with Gasteiger partial charge in [0, 0.05) is 12.1 Å². The Kier molecular flexibility index (Phi) is 2.14. The molecule has 1 saturated heterocycles. The zero-order valence-electron chi connectivity index (χ0n) is 6.88. The van der Waals surface area contributed by atoms with Crippen LogP contribution < -0.4 is 10.6 Å². The Labute approximate surface area is 81.1 Å². The Morgan fingerprint density at radius 2 is 2.15 bits per heavy atom. The summed E-state index contributed by atoms with van der Waals surface area (Å²) >= 11 is 4.89. The van der Waals surface area contributed by atoms with Gasteiger partial charge in [-0.1, -0.05) is 18.2 Å². The lowest BCUT2D eigenvalue weighted by Gasteiger charge is -2.09. The average Bonchev–Trinajstić information content (AvgIpc) is 2.53. The largest absolute Gasteiger partial charge is 0.360 e. The monoisotopic (exact) mass is 196 g/mol. The van der Waals surface area contributed by atoms with Gasteiger partial charge in [0.25, 0.3) is 0 Å². The molecule has 0 radical (unpaired) electrons. The van der Waals surface area contributed by atoms with Crippen LogP contribution in [-0.4, -0.2) is 11.7 Å². The number of hydrogen-bond donors (Lipinski definition) is 2. The van der Waals surface area contributed by atoms with Crippen molar-refractivity contribution in [2.24, 2.45) is 0 Å². The Balaban J connectivity index is 2.26. The molecule has 1 aromatic carbocycles. The third kappa shape index (κ3) is 1.62. The number of nitrogens with one attached hydrogen (secondary N) is 2. The molecule has 0 aromatic heterocycles. The lowest BCUT2D eigenvalue weighted by Crippen LogP contribution is -2.21. The molecule has 4 heteroatoms. The molecule has 13 heavy (non-hydrogen) atoms. The summed E-state index contributed by atoms with van der Waals surface area (Å²) in [5.74, 6) is -0.188. The molecular weight excluding hydrogens is 187 g/mol. The molecule has 1 unspecified atom stereocenters. The predicted octanol–water partition coefficient (Wildman–Crippen LogP) is 1.34. The Morgan fingerprint density at radius 1 is 1.38 bits per heavy atom. The predicted molar refractivity (Wildman–Crippen MR) is 52.9 cm³/mol. The fourth-order valence-electron chi connectivity index (χ4n) is 1.40. The second kappa shape index (κ2) is 3.30. The van der Waals surface area contributed by atoms with Crippen molar-refractivity contribution in [1.29, 1.82) is 0 Å². The van der Waals surface area contributed by atoms with Crippen LogP contribution in [0.3, 0.4) is 0 Å². The number of benzene rings is 1. The molecule has 1 aliphatic heterocycles. The summed E-state index contributed by atoms with van der Waals surface area (Å²) in [7, 11) is 0. The van der Waals surface area contributed by atoms with E-state index in [2.05, 4.69) is 10.6 Å². The molecule has 2 N–H and O–H groups in total. The van der Waals surface area contributed by atoms with E-state index in [0.29, 0.717) is 17.2 Å². The minimum Gasteiger partial charge on any atom is -0.360 e. The molecule has 68 valence electrons. The molecule has 1 atom stereocenters. The SMILES string of the molecule is Fc1ccccc1C1CNC(=S)N1. The summed E-state index contributed by atoms with van der Waals surface area (Å²) in [5, 5.41) is 6.53. The Morgan fingerprint density at radius 3 is 2.77 bits per heavy atom. The molecule has 2 nitrogen and oxygen atoms in total. The van der Waals surface area contributed by atoms with Gasteiger partial charge in [-0.25, -0.2) is 4.39 Å². The van der Waals surface area contributed by atoms with Gasteiger partial charge >= 0.3 is 0 Å². The van der Waals surface area contributed by atoms with Crippen molar-refractivity contribution >= 4 is 17.3 Å². The maximum Gasteiger partial charge on any atom is 0.166 e. The summed E-state index contributed by atoms with van der Waals surface area (Å²) in [5.41, 5.74) is 0.662. The van der Waals surface area contributed by atoms with Crippen LogP contribution in [0.1, 0.15) is 11.6 Å². The van der Waals surface area contributed by atoms with Gasteiger partial charge in [0.05, 0.1) is 6.04 Å². The van der Waals surface area contributed by atoms with Crippen molar-refractivity contribution in [3.8, 4) is 0 Å². The van der Waals surface area contributed by atoms with E-state index in [1.807, 2.05) is 6.07 Å². The topological polar surface area (TPSA) is 24.1 Å². The highest BCUT2D eigenvalue weighted by atomic mass is 32.1. The fourth-order valence-corrected chi connectivity index (χ4v) is 1.63. The maximum absolute atomic E-state index is 13.3. The van der Waals surface area contributed by atoms with Crippen LogP contribution >= 0.6 is 12.2 Å². The first-order chi connectivity index (χ1) is 6.27. The first-order valence-corrected chi connectivity index (χ1v) is 4.47. The Bertz CT molecular complexity index is 340. The summed E-state index contributed by atoms with van der Waals surface area (Å²) < 4.78 is 13.3. The molecule has 1 fully saturated rings. The normalized spacial score (nSPS) is 21.0. The zero-order valence-corrected chi connectivity index (χ0v) is 7.70. The lowest BCUT2D eigenvalue weighted by molar-refractivity contribution is 0.577. The molecular formula is C9H9FN2S. The molecule has 1 aliphatic rings. The van der Waals surface area contributed by atoms with Crippen LogP contribution in [-0.2, 0) is 0 Å². The Hall–Kier alpha value is -1.16. The molecule has 0 spiro atoms. The smallest absolute Gasteiger partial charge is 0.166 e. The van der Waals surface area contributed by atoms with Crippen molar-refractivity contribution in [3.63, 3.8) is 0 Å². The quantitative estimate of drug-likeness (QED) is 0.663. The highest BCUT2D eigenvalue weighted by molar-refractivity contribution is 7.80. The first kappa shape index (κ1) is 8.44. The third-order valence-electron chi connectivity index (χ3n) is 2.05. The average molecular weight is 196 g/mol. The second-order valence-electron chi connectivity index (χ2n) is 2.93. The van der Waals surface area contributed by atoms with Crippen molar-refractivity contribution in [3.05, 3.63) is 35.6 Å². The van der Waals surface area contributed by atoms with Gasteiger partial charge in [-0.3, -0.25) is 0 Å². The van der Waals surface area contributed by atoms with Gasteiger partial charge in [0.15, 0.2) is 5.11 Å². The van der Waals surface area contributed by atoms with Crippen molar-refractivity contribution in [2.75, 3.05) is 6.54 Å². The highest BCUT2D eigenvalue weighted by Crippen LogP contribution is 2.18. The molecule has 0 amide bonds. The fraction of sp³-hybridized carbons (Fsp3) is 0.222. The van der Waals surface area contributed by atoms with E-state index in [1.165, 1.54) is 6.07 Å². The summed E-state index contributed by atoms with van der Waals surface area (Å²) in [6.45, 7) is 0.653. The third-order valence-corrected chi connectivity index (χ3v) is 2.31. The van der Waals surface area contributed by atoms with Gasteiger partial charge in [-0.2, -0.15) is 0 Å². The lowest BCUT2D eigenvalue weighted by atomic mass is 10.1. The number of hydrogen-bond acceptors (Lipinski definition) is 1. The van der Waals surface area contributed by atoms with E-state index in [4.69, 9.17) is 12.2 Å². The van der Waals surface area contributed by atoms with Crippen molar-refractivity contribution in [1.82, 2.24) is 10.6 Å². The number of halogens is 1. The molecule has 2 rings (SSSR count). The van der Waals surface area contributed by atoms with Crippen LogP contribution in [0.25, 0.3) is 0 Å². The van der Waals surface area contributed by atoms with Crippen LogP contribution in [0.2, 0.25) is 0 Å². The standard InChI is InChI=1S/C9H9FN2S/c10-7-4-2-1-3-6(7)8-5-11-9(13)12-8/h1-4,8H,5H2,(H2,11,12,13). The van der Waals surface area contributed by atoms with Crippen LogP contribution in [0.5, 0.6) is 0 Å². The van der Waals surface area contributed by atoms with Gasteiger partial charge in [0.1, 0.15) is 5.82 Å². The highest BCUT2D eigenvalue weighted by Gasteiger charge is 2.21. The molecule has 0 bridgehead atoms. The maximum atomic E-state index is 13.3. The van der Waals surface area contributed by atoms with Crippen molar-refractivity contribution in [2.45, 2.75) is 6.04 Å². The van der Waals surface area contributed by atoms with E-state index >= 15 is 0 Å². The number of rotatable bonds is 1. The minimum atomic E-state index is -0.188. The minimum absolute atomic E-state index is 0.0336. The second-order valence-corrected chi connectivity index (χ2v) is 3.34. The molecule has 0 aliphatic carbocycles. The van der Waals surface area contributed by atoms with E-state index in [0.717, 1.165) is 0 Å². The molecule has 0 saturated carbocycles. The number of thiocarbonyl (C=S) groups is 1. The first-order valence-electron chi connectivity index (χ1n) is 4.06. The summed E-state index contributed by atoms with van der Waals surface area (Å²) in [4.78, 5) is 0. The van der Waals surface area contributed by atoms with Crippen LogP contribution in [0.4, 0.5) is 4.39 Å². The van der Waals surface area contributed by atoms with Gasteiger partial charge in [0.2, 0.25) is 0 Å². The van der Waals surface area contributed by atoms with Crippen LogP contribution in [0, 0.1) is 5.82 Å². The van der Waals surface area contributed by atoms with Gasteiger partial charge < -0.3 is 10.6 Å². The summed E-state index contributed by atoms with van der Waals surface area (Å²) in [6, 6.07) is 6.69. The summed E-state index contributed by atoms with van der Waals surface area (Å²) in [6.07, 6.45) is 0. The zero-order chi connectivity index (χ0) is 9.26. The van der Waals surface area contributed by atoms with Gasteiger partial charge in [-0.05, 0) is 18.3 Å². The molecule has 1 aromatic rings. The van der Waals surface area contributed by atoms with Gasteiger partial charge in [-0.15, -0.1) is 0 Å².